The molecule has 1 N–H and O–H groups in total. The van der Waals surface area contributed by atoms with Gasteiger partial charge in [0.2, 0.25) is 0 Å². The molecule has 144 valence electrons. The number of nitrogens with one attached hydrogen (secondary N) is 1. The van der Waals surface area contributed by atoms with Gasteiger partial charge >= 0.3 is 5.97 Å². The van der Waals surface area contributed by atoms with Crippen LogP contribution in [0.2, 0.25) is 0 Å². The lowest BCUT2D eigenvalue weighted by molar-refractivity contribution is -0.134. The van der Waals surface area contributed by atoms with Crippen LogP contribution in [0.1, 0.15) is 11.3 Å². The zero-order valence-electron chi connectivity index (χ0n) is 16.2. The van der Waals surface area contributed by atoms with Crippen molar-refractivity contribution in [1.29, 1.82) is 0 Å². The Morgan fingerprint density at radius 1 is 1.11 bits per heavy atom. The zero-order chi connectivity index (χ0) is 19.5. The van der Waals surface area contributed by atoms with E-state index in [1.807, 2.05) is 18.2 Å². The fraction of sp³-hybridized carbons (Fsp3) is 0.261. The molecule has 2 heterocycles. The minimum absolute atomic E-state index is 0.381. The van der Waals surface area contributed by atoms with E-state index in [4.69, 9.17) is 9.47 Å². The van der Waals surface area contributed by atoms with Crippen LogP contribution < -0.4 is 10.1 Å². The molecule has 0 fully saturated rings. The highest BCUT2D eigenvalue weighted by atomic mass is 16.5. The molecule has 5 nitrogen and oxygen atoms in total. The van der Waals surface area contributed by atoms with E-state index in [1.165, 1.54) is 29.8 Å². The van der Waals surface area contributed by atoms with Crippen LogP contribution in [0, 0.1) is 0 Å². The molecule has 0 saturated heterocycles. The summed E-state index contributed by atoms with van der Waals surface area (Å²) in [5, 5.41) is 4.72. The predicted octanol–water partition coefficient (Wildman–Crippen LogP) is 3.65. The van der Waals surface area contributed by atoms with Crippen molar-refractivity contribution < 1.29 is 14.3 Å². The second kappa shape index (κ2) is 7.90. The number of ether oxygens (including phenoxy) is 2. The van der Waals surface area contributed by atoms with Crippen LogP contribution in [0.5, 0.6) is 5.75 Å². The van der Waals surface area contributed by atoms with Crippen LogP contribution in [0.3, 0.4) is 0 Å². The number of fused-ring (bicyclic) bond motifs is 3. The smallest absolute Gasteiger partial charge is 0.330 e. The Morgan fingerprint density at radius 2 is 2.00 bits per heavy atom. The lowest BCUT2D eigenvalue weighted by Gasteiger charge is -2.11. The number of methoxy groups -OCH3 is 2. The van der Waals surface area contributed by atoms with Gasteiger partial charge in [0.1, 0.15) is 5.75 Å². The average molecular weight is 376 g/mol. The molecule has 1 aliphatic heterocycles. The van der Waals surface area contributed by atoms with Crippen LogP contribution in [0.25, 0.3) is 28.1 Å². The Kier molecular flexibility index (Phi) is 5.17. The molecule has 4 rings (SSSR count). The van der Waals surface area contributed by atoms with Crippen molar-refractivity contribution >= 4 is 22.9 Å². The predicted molar refractivity (Wildman–Crippen MR) is 112 cm³/mol. The lowest BCUT2D eigenvalue weighted by atomic mass is 9.98. The summed E-state index contributed by atoms with van der Waals surface area (Å²) < 4.78 is 12.5. The number of rotatable bonds is 4. The van der Waals surface area contributed by atoms with Gasteiger partial charge in [-0.1, -0.05) is 18.2 Å². The van der Waals surface area contributed by atoms with Crippen LogP contribution in [-0.4, -0.2) is 37.8 Å². The van der Waals surface area contributed by atoms with Crippen LogP contribution in [-0.2, 0) is 22.5 Å². The van der Waals surface area contributed by atoms with E-state index in [0.29, 0.717) is 0 Å². The summed E-state index contributed by atoms with van der Waals surface area (Å²) in [7, 11) is 3.01. The molecule has 1 aromatic heterocycles. The minimum Gasteiger partial charge on any atom is -0.497 e. The third-order valence-corrected chi connectivity index (χ3v) is 5.23. The minimum atomic E-state index is -0.381. The largest absolute Gasteiger partial charge is 0.497 e. The number of hydrogen-bond acceptors (Lipinski definition) is 4. The van der Waals surface area contributed by atoms with Gasteiger partial charge in [0, 0.05) is 43.3 Å². The zero-order valence-corrected chi connectivity index (χ0v) is 16.2. The number of carbonyl (C=O) groups is 1. The van der Waals surface area contributed by atoms with E-state index in [0.717, 1.165) is 48.5 Å². The summed E-state index contributed by atoms with van der Waals surface area (Å²) in [5.41, 5.74) is 5.68. The van der Waals surface area contributed by atoms with Gasteiger partial charge in [-0.05, 0) is 52.4 Å². The van der Waals surface area contributed by atoms with Crippen LogP contribution in [0.4, 0.5) is 0 Å². The molecule has 1 aliphatic rings. The molecule has 0 radical (unpaired) electrons. The van der Waals surface area contributed by atoms with Crippen molar-refractivity contribution in [2.24, 2.45) is 0 Å². The van der Waals surface area contributed by atoms with E-state index >= 15 is 0 Å². The highest BCUT2D eigenvalue weighted by Crippen LogP contribution is 2.32. The summed E-state index contributed by atoms with van der Waals surface area (Å²) in [6, 6.07) is 14.7. The second-order valence-electron chi connectivity index (χ2n) is 6.87. The number of hydrogen-bond donors (Lipinski definition) is 1. The van der Waals surface area contributed by atoms with Gasteiger partial charge in [-0.25, -0.2) is 4.79 Å². The molecule has 0 saturated carbocycles. The third-order valence-electron chi connectivity index (χ3n) is 5.23. The molecule has 0 amide bonds. The first-order chi connectivity index (χ1) is 13.7. The first-order valence-electron chi connectivity index (χ1n) is 9.47. The van der Waals surface area contributed by atoms with Gasteiger partial charge in [-0.2, -0.15) is 0 Å². The van der Waals surface area contributed by atoms with Gasteiger partial charge in [0.15, 0.2) is 0 Å². The Bertz CT molecular complexity index is 1050. The lowest BCUT2D eigenvalue weighted by Crippen LogP contribution is -2.17. The van der Waals surface area contributed by atoms with Crippen molar-refractivity contribution in [2.45, 2.75) is 13.0 Å². The highest BCUT2D eigenvalue weighted by molar-refractivity contribution is 5.91. The second-order valence-corrected chi connectivity index (χ2v) is 6.87. The van der Waals surface area contributed by atoms with Gasteiger partial charge in [0.05, 0.1) is 14.2 Å². The molecule has 3 aromatic rings. The summed E-state index contributed by atoms with van der Waals surface area (Å²) in [6.07, 6.45) is 4.25. The summed E-state index contributed by atoms with van der Waals surface area (Å²) in [4.78, 5) is 11.6. The first kappa shape index (κ1) is 18.3. The fourth-order valence-corrected chi connectivity index (χ4v) is 3.78. The first-order valence-corrected chi connectivity index (χ1v) is 9.47. The molecule has 2 aromatic carbocycles. The molecule has 0 bridgehead atoms. The monoisotopic (exact) mass is 376 g/mol. The van der Waals surface area contributed by atoms with Crippen molar-refractivity contribution in [1.82, 2.24) is 9.88 Å². The van der Waals surface area contributed by atoms with Crippen LogP contribution >= 0.6 is 0 Å². The standard InChI is InChI=1S/C23H24N2O3/c1-27-20-6-7-21(16(14-20)5-8-23(26)28-2)17-3-4-18-13-19-9-10-24-11-12-25(19)22(18)15-17/h3-8,13-15,24H,9-12H2,1-2H3/b8-5+. The Labute approximate surface area is 164 Å². The van der Waals surface area contributed by atoms with E-state index in [2.05, 4.69) is 34.1 Å². The summed E-state index contributed by atoms with van der Waals surface area (Å²) in [5.74, 6) is 0.366. The molecule has 0 atom stereocenters. The number of benzene rings is 2. The third kappa shape index (κ3) is 3.53. The SMILES string of the molecule is COC(=O)/C=C/c1cc(OC)ccc1-c1ccc2cc3n(c2c1)CCNCC3. The summed E-state index contributed by atoms with van der Waals surface area (Å²) >= 11 is 0. The van der Waals surface area contributed by atoms with Crippen molar-refractivity contribution in [3.8, 4) is 16.9 Å². The highest BCUT2D eigenvalue weighted by Gasteiger charge is 2.13. The maximum absolute atomic E-state index is 11.6. The Hall–Kier alpha value is -3.05. The maximum atomic E-state index is 11.6. The van der Waals surface area contributed by atoms with Gasteiger partial charge in [-0.3, -0.25) is 0 Å². The van der Waals surface area contributed by atoms with Gasteiger partial charge in [0.25, 0.3) is 0 Å². The van der Waals surface area contributed by atoms with Gasteiger partial charge in [-0.15, -0.1) is 0 Å². The number of carbonyl (C=O) groups excluding carboxylic acids is 1. The molecule has 28 heavy (non-hydrogen) atoms. The normalized spacial score (nSPS) is 14.1. The van der Waals surface area contributed by atoms with Crippen molar-refractivity contribution in [3.63, 3.8) is 0 Å². The van der Waals surface area contributed by atoms with Crippen LogP contribution in [0.15, 0.2) is 48.5 Å². The van der Waals surface area contributed by atoms with E-state index in [-0.39, 0.29) is 5.97 Å². The molecule has 0 unspecified atom stereocenters. The number of aromatic nitrogens is 1. The molecule has 0 spiro atoms. The average Bonchev–Trinajstić information content (AvgIpc) is 2.91. The quantitative estimate of drug-likeness (QED) is 0.558. The van der Waals surface area contributed by atoms with E-state index in [1.54, 1.807) is 13.2 Å². The summed E-state index contributed by atoms with van der Waals surface area (Å²) in [6.45, 7) is 2.97. The molecular weight excluding hydrogens is 352 g/mol. The van der Waals surface area contributed by atoms with Gasteiger partial charge < -0.3 is 19.4 Å². The Balaban J connectivity index is 1.81. The Morgan fingerprint density at radius 3 is 2.82 bits per heavy atom. The molecule has 5 heteroatoms. The molecular formula is C23H24N2O3. The maximum Gasteiger partial charge on any atom is 0.330 e. The van der Waals surface area contributed by atoms with Crippen molar-refractivity contribution in [2.75, 3.05) is 27.3 Å². The fourth-order valence-electron chi connectivity index (χ4n) is 3.78. The molecule has 0 aliphatic carbocycles. The van der Waals surface area contributed by atoms with E-state index < -0.39 is 0 Å². The number of nitrogens with zero attached hydrogens (tertiary/aromatic N) is 1. The van der Waals surface area contributed by atoms with Crippen molar-refractivity contribution in [3.05, 3.63) is 59.8 Å². The topological polar surface area (TPSA) is 52.5 Å². The number of esters is 1. The van der Waals surface area contributed by atoms with E-state index in [9.17, 15) is 4.79 Å².